The Bertz CT molecular complexity index is 560. The predicted molar refractivity (Wildman–Crippen MR) is 66.5 cm³/mol. The zero-order valence-electron chi connectivity index (χ0n) is 9.62. The topological polar surface area (TPSA) is 24.9 Å². The van der Waals surface area contributed by atoms with Gasteiger partial charge >= 0.3 is 0 Å². The molecule has 0 amide bonds. The van der Waals surface area contributed by atoms with E-state index in [2.05, 4.69) is 10.3 Å². The molecular formula is C13H11ClF2N2. The molecule has 2 nitrogen and oxygen atoms in total. The van der Waals surface area contributed by atoms with Crippen LogP contribution in [0.4, 0.5) is 8.78 Å². The summed E-state index contributed by atoms with van der Waals surface area (Å²) in [7, 11) is 1.64. The van der Waals surface area contributed by atoms with Crippen molar-refractivity contribution in [2.45, 2.75) is 6.04 Å². The zero-order valence-corrected chi connectivity index (χ0v) is 10.4. The minimum atomic E-state index is -0.890. The average molecular weight is 269 g/mol. The van der Waals surface area contributed by atoms with Crippen molar-refractivity contribution in [1.29, 1.82) is 0 Å². The van der Waals surface area contributed by atoms with Crippen LogP contribution in [0.15, 0.2) is 36.5 Å². The van der Waals surface area contributed by atoms with Crippen molar-refractivity contribution < 1.29 is 8.78 Å². The first kappa shape index (κ1) is 12.9. The van der Waals surface area contributed by atoms with Gasteiger partial charge in [0.1, 0.15) is 0 Å². The van der Waals surface area contributed by atoms with Gasteiger partial charge in [-0.05, 0) is 25.2 Å². The highest BCUT2D eigenvalue weighted by atomic mass is 35.5. The highest BCUT2D eigenvalue weighted by molar-refractivity contribution is 6.31. The minimum Gasteiger partial charge on any atom is -0.308 e. The minimum absolute atomic E-state index is 0.179. The predicted octanol–water partition coefficient (Wildman–Crippen LogP) is 3.32. The third kappa shape index (κ3) is 2.35. The van der Waals surface area contributed by atoms with Crippen LogP contribution in [0.5, 0.6) is 0 Å². The quantitative estimate of drug-likeness (QED) is 0.924. The van der Waals surface area contributed by atoms with Crippen molar-refractivity contribution >= 4 is 11.6 Å². The first-order valence-electron chi connectivity index (χ1n) is 5.36. The second-order valence-corrected chi connectivity index (χ2v) is 4.14. The van der Waals surface area contributed by atoms with Gasteiger partial charge in [0.15, 0.2) is 11.6 Å². The molecule has 1 N–H and O–H groups in total. The summed E-state index contributed by atoms with van der Waals surface area (Å²) >= 11 is 6.02. The third-order valence-corrected chi connectivity index (χ3v) is 2.96. The van der Waals surface area contributed by atoms with Gasteiger partial charge in [0, 0.05) is 11.8 Å². The fourth-order valence-corrected chi connectivity index (χ4v) is 2.02. The number of hydrogen-bond acceptors (Lipinski definition) is 2. The first-order valence-corrected chi connectivity index (χ1v) is 5.74. The van der Waals surface area contributed by atoms with E-state index in [1.807, 2.05) is 0 Å². The van der Waals surface area contributed by atoms with Gasteiger partial charge in [0.2, 0.25) is 0 Å². The molecule has 18 heavy (non-hydrogen) atoms. The standard InChI is InChI=1S/C13H11ClF2N2/c1-17-12(13-9(14)5-3-7-18-13)8-4-2-6-10(15)11(8)16/h2-7,12,17H,1H3. The number of aromatic nitrogens is 1. The maximum Gasteiger partial charge on any atom is 0.163 e. The Morgan fingerprint density at radius 1 is 1.22 bits per heavy atom. The van der Waals surface area contributed by atoms with E-state index in [0.717, 1.165) is 6.07 Å². The lowest BCUT2D eigenvalue weighted by Gasteiger charge is -2.18. The highest BCUT2D eigenvalue weighted by Crippen LogP contribution is 2.28. The molecule has 2 aromatic rings. The fourth-order valence-electron chi connectivity index (χ4n) is 1.79. The lowest BCUT2D eigenvalue weighted by molar-refractivity contribution is 0.486. The van der Waals surface area contributed by atoms with Crippen molar-refractivity contribution in [2.24, 2.45) is 0 Å². The van der Waals surface area contributed by atoms with Gasteiger partial charge in [0.25, 0.3) is 0 Å². The Hall–Kier alpha value is -1.52. The van der Waals surface area contributed by atoms with Crippen molar-refractivity contribution in [3.8, 4) is 0 Å². The van der Waals surface area contributed by atoms with Gasteiger partial charge in [-0.3, -0.25) is 4.98 Å². The van der Waals surface area contributed by atoms with Crippen LogP contribution in [0.1, 0.15) is 17.3 Å². The van der Waals surface area contributed by atoms with Crippen LogP contribution in [-0.4, -0.2) is 12.0 Å². The van der Waals surface area contributed by atoms with Crippen molar-refractivity contribution in [3.63, 3.8) is 0 Å². The molecule has 0 aliphatic carbocycles. The monoisotopic (exact) mass is 268 g/mol. The largest absolute Gasteiger partial charge is 0.308 e. The van der Waals surface area contributed by atoms with E-state index in [4.69, 9.17) is 11.6 Å². The molecule has 0 spiro atoms. The Labute approximate surface area is 109 Å². The molecule has 1 heterocycles. The average Bonchev–Trinajstić information content (AvgIpc) is 2.37. The summed E-state index contributed by atoms with van der Waals surface area (Å²) in [5.74, 6) is -1.78. The molecule has 2 rings (SSSR count). The van der Waals surface area contributed by atoms with Crippen LogP contribution in [0.25, 0.3) is 0 Å². The van der Waals surface area contributed by atoms with Crippen molar-refractivity contribution in [3.05, 3.63) is 64.4 Å². The van der Waals surface area contributed by atoms with Crippen LogP contribution in [0.3, 0.4) is 0 Å². The molecular weight excluding hydrogens is 258 g/mol. The summed E-state index contributed by atoms with van der Waals surface area (Å²) in [5.41, 5.74) is 0.643. The van der Waals surface area contributed by atoms with E-state index in [9.17, 15) is 8.78 Å². The van der Waals surface area contributed by atoms with Gasteiger partial charge in [-0.25, -0.2) is 8.78 Å². The molecule has 0 aliphatic heterocycles. The zero-order chi connectivity index (χ0) is 13.1. The van der Waals surface area contributed by atoms with Crippen LogP contribution in [0, 0.1) is 11.6 Å². The number of benzene rings is 1. The molecule has 1 aromatic carbocycles. The smallest absolute Gasteiger partial charge is 0.163 e. The van der Waals surface area contributed by atoms with Crippen molar-refractivity contribution in [1.82, 2.24) is 10.3 Å². The number of halogens is 3. The molecule has 94 valence electrons. The van der Waals surface area contributed by atoms with Crippen LogP contribution >= 0.6 is 11.6 Å². The highest BCUT2D eigenvalue weighted by Gasteiger charge is 2.21. The van der Waals surface area contributed by atoms with Gasteiger partial charge in [-0.2, -0.15) is 0 Å². The number of hydrogen-bond donors (Lipinski definition) is 1. The number of nitrogens with zero attached hydrogens (tertiary/aromatic N) is 1. The van der Waals surface area contributed by atoms with Crippen LogP contribution in [-0.2, 0) is 0 Å². The molecule has 1 atom stereocenters. The molecule has 0 fully saturated rings. The fraction of sp³-hybridized carbons (Fsp3) is 0.154. The van der Waals surface area contributed by atoms with Crippen molar-refractivity contribution in [2.75, 3.05) is 7.05 Å². The van der Waals surface area contributed by atoms with Gasteiger partial charge < -0.3 is 5.32 Å². The lowest BCUT2D eigenvalue weighted by Crippen LogP contribution is -2.21. The normalized spacial score (nSPS) is 12.4. The molecule has 0 saturated carbocycles. The Morgan fingerprint density at radius 3 is 2.67 bits per heavy atom. The van der Waals surface area contributed by atoms with E-state index in [0.29, 0.717) is 10.7 Å². The second kappa shape index (κ2) is 5.42. The number of pyridine rings is 1. The summed E-state index contributed by atoms with van der Waals surface area (Å²) in [4.78, 5) is 4.11. The Kier molecular flexibility index (Phi) is 3.89. The van der Waals surface area contributed by atoms with E-state index in [1.54, 1.807) is 25.4 Å². The Morgan fingerprint density at radius 2 is 2.00 bits per heavy atom. The third-order valence-electron chi connectivity index (χ3n) is 2.64. The first-order chi connectivity index (χ1) is 8.65. The van der Waals surface area contributed by atoms with E-state index in [-0.39, 0.29) is 5.56 Å². The van der Waals surface area contributed by atoms with E-state index >= 15 is 0 Å². The summed E-state index contributed by atoms with van der Waals surface area (Å²) in [6.07, 6.45) is 1.56. The summed E-state index contributed by atoms with van der Waals surface area (Å²) < 4.78 is 27.0. The molecule has 0 radical (unpaired) electrons. The second-order valence-electron chi connectivity index (χ2n) is 3.74. The SMILES string of the molecule is CNC(c1cccc(F)c1F)c1ncccc1Cl. The maximum absolute atomic E-state index is 13.8. The number of nitrogens with one attached hydrogen (secondary N) is 1. The molecule has 1 aromatic heterocycles. The van der Waals surface area contributed by atoms with Crippen LogP contribution in [0.2, 0.25) is 5.02 Å². The molecule has 0 aliphatic rings. The van der Waals surface area contributed by atoms with Gasteiger partial charge in [0.05, 0.1) is 16.8 Å². The van der Waals surface area contributed by atoms with Crippen LogP contribution < -0.4 is 5.32 Å². The van der Waals surface area contributed by atoms with Gasteiger partial charge in [-0.15, -0.1) is 0 Å². The molecule has 0 saturated heterocycles. The summed E-state index contributed by atoms with van der Waals surface area (Å²) in [6.45, 7) is 0. The Balaban J connectivity index is 2.53. The molecule has 0 bridgehead atoms. The number of rotatable bonds is 3. The lowest BCUT2D eigenvalue weighted by atomic mass is 10.0. The maximum atomic E-state index is 13.8. The van der Waals surface area contributed by atoms with E-state index < -0.39 is 17.7 Å². The van der Waals surface area contributed by atoms with E-state index in [1.165, 1.54) is 12.1 Å². The molecule has 5 heteroatoms. The summed E-state index contributed by atoms with van der Waals surface area (Å²) in [5, 5.41) is 3.29. The molecule has 1 unspecified atom stereocenters. The van der Waals surface area contributed by atoms with Gasteiger partial charge in [-0.1, -0.05) is 23.7 Å². The summed E-state index contributed by atoms with van der Waals surface area (Å²) in [6, 6.07) is 6.78.